The monoisotopic (exact) mass is 322 g/mol. The van der Waals surface area contributed by atoms with Crippen LogP contribution < -0.4 is 0 Å². The minimum absolute atomic E-state index is 0.0428. The maximum atomic E-state index is 2.36. The second-order valence-electron chi connectivity index (χ2n) is 6.69. The molecule has 0 aliphatic heterocycles. The van der Waals surface area contributed by atoms with Crippen LogP contribution in [0.15, 0.2) is 91.0 Å². The first kappa shape index (κ1) is 15.7. The number of hydrogen-bond donors (Lipinski definition) is 0. The van der Waals surface area contributed by atoms with Crippen LogP contribution in [-0.4, -0.2) is 0 Å². The summed E-state index contributed by atoms with van der Waals surface area (Å²) in [5, 5.41) is 0. The fourth-order valence-corrected chi connectivity index (χ4v) is 4.00. The molecule has 0 spiro atoms. The van der Waals surface area contributed by atoms with Gasteiger partial charge in [-0.2, -0.15) is 0 Å². The number of allylic oxidation sites excluding steroid dienone is 3. The Morgan fingerprint density at radius 2 is 1.12 bits per heavy atom. The van der Waals surface area contributed by atoms with Crippen molar-refractivity contribution in [3.8, 4) is 0 Å². The van der Waals surface area contributed by atoms with Crippen molar-refractivity contribution in [2.24, 2.45) is 0 Å². The van der Waals surface area contributed by atoms with Gasteiger partial charge in [0, 0.05) is 5.41 Å². The lowest BCUT2D eigenvalue weighted by Crippen LogP contribution is -2.10. The number of benzene rings is 3. The lowest BCUT2D eigenvalue weighted by molar-refractivity contribution is 0.893. The summed E-state index contributed by atoms with van der Waals surface area (Å²) in [6, 6.07) is 30.3. The zero-order chi connectivity index (χ0) is 17.3. The van der Waals surface area contributed by atoms with Crippen molar-refractivity contribution >= 4 is 17.2 Å². The molecule has 122 valence electrons. The van der Waals surface area contributed by atoms with E-state index in [0.29, 0.717) is 0 Å². The van der Waals surface area contributed by atoms with Crippen LogP contribution in [0.2, 0.25) is 0 Å². The first-order chi connectivity index (χ1) is 12.3. The summed E-state index contributed by atoms with van der Waals surface area (Å²) < 4.78 is 0. The molecule has 25 heavy (non-hydrogen) atoms. The lowest BCUT2D eigenvalue weighted by atomic mass is 9.84. The average Bonchev–Trinajstić information content (AvgIpc) is 3.31. The molecule has 0 saturated heterocycles. The second kappa shape index (κ2) is 6.22. The Labute approximate surface area is 150 Å². The zero-order valence-electron chi connectivity index (χ0n) is 14.7. The first-order valence-corrected chi connectivity index (χ1v) is 8.85. The van der Waals surface area contributed by atoms with Crippen LogP contribution in [0.4, 0.5) is 0 Å². The van der Waals surface area contributed by atoms with Gasteiger partial charge in [0.25, 0.3) is 0 Å². The van der Waals surface area contributed by atoms with E-state index in [0.717, 1.165) is 0 Å². The second-order valence-corrected chi connectivity index (χ2v) is 6.69. The quantitative estimate of drug-likeness (QED) is 0.507. The predicted molar refractivity (Wildman–Crippen MR) is 108 cm³/mol. The summed E-state index contributed by atoms with van der Waals surface area (Å²) in [7, 11) is 0. The van der Waals surface area contributed by atoms with E-state index in [-0.39, 0.29) is 5.41 Å². The Morgan fingerprint density at radius 1 is 0.640 bits per heavy atom. The Balaban J connectivity index is 1.90. The molecule has 0 atom stereocenters. The first-order valence-electron chi connectivity index (χ1n) is 8.85. The van der Waals surface area contributed by atoms with Crippen molar-refractivity contribution in [2.75, 3.05) is 0 Å². The van der Waals surface area contributed by atoms with E-state index < -0.39 is 0 Å². The highest BCUT2D eigenvalue weighted by molar-refractivity contribution is 6.19. The Morgan fingerprint density at radius 3 is 1.64 bits per heavy atom. The van der Waals surface area contributed by atoms with Crippen molar-refractivity contribution in [3.05, 3.63) is 113 Å². The van der Waals surface area contributed by atoms with Crippen LogP contribution in [0.25, 0.3) is 17.2 Å². The van der Waals surface area contributed by atoms with Gasteiger partial charge in [-0.1, -0.05) is 97.1 Å². The zero-order valence-corrected chi connectivity index (χ0v) is 14.7. The summed E-state index contributed by atoms with van der Waals surface area (Å²) >= 11 is 0. The minimum Gasteiger partial charge on any atom is -0.0871 e. The van der Waals surface area contributed by atoms with E-state index in [4.69, 9.17) is 0 Å². The van der Waals surface area contributed by atoms with Crippen LogP contribution >= 0.6 is 0 Å². The van der Waals surface area contributed by atoms with Crippen molar-refractivity contribution in [3.63, 3.8) is 0 Å². The molecule has 3 aromatic carbocycles. The fraction of sp³-hybridized carbons (Fsp3) is 0.120. The van der Waals surface area contributed by atoms with Gasteiger partial charge in [0.15, 0.2) is 0 Å². The number of rotatable bonds is 4. The third kappa shape index (κ3) is 2.55. The Hall–Kier alpha value is -2.86. The van der Waals surface area contributed by atoms with E-state index in [1.165, 1.54) is 33.4 Å². The fourth-order valence-electron chi connectivity index (χ4n) is 4.00. The predicted octanol–water partition coefficient (Wildman–Crippen LogP) is 6.60. The smallest absolute Gasteiger partial charge is 0.0447 e. The summed E-state index contributed by atoms with van der Waals surface area (Å²) in [5.74, 6) is 0. The van der Waals surface area contributed by atoms with Gasteiger partial charge >= 0.3 is 0 Å². The summed E-state index contributed by atoms with van der Waals surface area (Å²) in [6.07, 6.45) is 4.33. The maximum absolute atomic E-state index is 2.36. The highest BCUT2D eigenvalue weighted by Crippen LogP contribution is 2.64. The number of hydrogen-bond acceptors (Lipinski definition) is 0. The Bertz CT molecular complexity index is 894. The van der Waals surface area contributed by atoms with Gasteiger partial charge < -0.3 is 0 Å². The SMILES string of the molecule is C/C=C\c1ccccc1C1(C)C(c2ccccc2)=C1c1ccccc1. The van der Waals surface area contributed by atoms with Crippen molar-refractivity contribution in [2.45, 2.75) is 19.3 Å². The molecule has 0 heterocycles. The van der Waals surface area contributed by atoms with Gasteiger partial charge in [0.05, 0.1) is 0 Å². The minimum atomic E-state index is -0.0428. The van der Waals surface area contributed by atoms with Gasteiger partial charge in [0.2, 0.25) is 0 Å². The molecule has 0 bridgehead atoms. The van der Waals surface area contributed by atoms with E-state index in [2.05, 4.69) is 111 Å². The molecule has 0 heteroatoms. The van der Waals surface area contributed by atoms with Gasteiger partial charge in [-0.25, -0.2) is 0 Å². The van der Waals surface area contributed by atoms with E-state index in [1.54, 1.807) is 0 Å². The third-order valence-corrected chi connectivity index (χ3v) is 5.16. The maximum Gasteiger partial charge on any atom is 0.0447 e. The topological polar surface area (TPSA) is 0 Å². The molecule has 1 aliphatic rings. The molecule has 0 aromatic heterocycles. The standard InChI is InChI=1S/C25H22/c1-3-12-19-13-10-11-18-22(19)25(2)23(20-14-6-4-7-15-20)24(25)21-16-8-5-9-17-21/h3-18H,1-2H3/b12-3-. The van der Waals surface area contributed by atoms with E-state index in [1.807, 2.05) is 0 Å². The lowest BCUT2D eigenvalue weighted by Gasteiger charge is -2.19. The molecular formula is C25H22. The highest BCUT2D eigenvalue weighted by atomic mass is 14.5. The van der Waals surface area contributed by atoms with Crippen LogP contribution in [0.3, 0.4) is 0 Å². The van der Waals surface area contributed by atoms with E-state index >= 15 is 0 Å². The molecule has 0 fully saturated rings. The van der Waals surface area contributed by atoms with Gasteiger partial charge in [-0.3, -0.25) is 0 Å². The van der Waals surface area contributed by atoms with E-state index in [9.17, 15) is 0 Å². The third-order valence-electron chi connectivity index (χ3n) is 5.16. The van der Waals surface area contributed by atoms with Crippen molar-refractivity contribution in [1.82, 2.24) is 0 Å². The molecule has 3 aromatic rings. The molecule has 0 nitrogen and oxygen atoms in total. The van der Waals surface area contributed by atoms with Gasteiger partial charge in [-0.15, -0.1) is 0 Å². The largest absolute Gasteiger partial charge is 0.0871 e. The van der Waals surface area contributed by atoms with Crippen molar-refractivity contribution in [1.29, 1.82) is 0 Å². The highest BCUT2D eigenvalue weighted by Gasteiger charge is 2.52. The molecule has 0 saturated carbocycles. The van der Waals surface area contributed by atoms with Gasteiger partial charge in [-0.05, 0) is 47.2 Å². The molecule has 0 radical (unpaired) electrons. The van der Waals surface area contributed by atoms with Gasteiger partial charge in [0.1, 0.15) is 0 Å². The van der Waals surface area contributed by atoms with Crippen LogP contribution in [0, 0.1) is 0 Å². The van der Waals surface area contributed by atoms with Crippen LogP contribution in [-0.2, 0) is 5.41 Å². The Kier molecular flexibility index (Phi) is 3.89. The summed E-state index contributed by atoms with van der Waals surface area (Å²) in [4.78, 5) is 0. The summed E-state index contributed by atoms with van der Waals surface area (Å²) in [6.45, 7) is 4.44. The molecule has 4 rings (SSSR count). The van der Waals surface area contributed by atoms with Crippen LogP contribution in [0.5, 0.6) is 0 Å². The molecule has 1 aliphatic carbocycles. The molecule has 0 N–H and O–H groups in total. The molecule has 0 amide bonds. The molecule has 0 unspecified atom stereocenters. The summed E-state index contributed by atoms with van der Waals surface area (Å²) in [5.41, 5.74) is 8.15. The molecular weight excluding hydrogens is 300 g/mol. The normalized spacial score (nSPS) is 15.6. The van der Waals surface area contributed by atoms with Crippen molar-refractivity contribution < 1.29 is 0 Å². The average molecular weight is 322 g/mol. The van der Waals surface area contributed by atoms with Crippen LogP contribution in [0.1, 0.15) is 36.1 Å².